The molecule has 2 aromatic carbocycles. The van der Waals surface area contributed by atoms with Crippen LogP contribution in [0, 0.1) is 19.7 Å². The van der Waals surface area contributed by atoms with Crippen LogP contribution in [-0.4, -0.2) is 22.8 Å². The van der Waals surface area contributed by atoms with Gasteiger partial charge in [0.05, 0.1) is 30.7 Å². The zero-order valence-corrected chi connectivity index (χ0v) is 16.1. The maximum atomic E-state index is 12.9. The Hall–Kier alpha value is -3.41. The third kappa shape index (κ3) is 4.65. The summed E-state index contributed by atoms with van der Waals surface area (Å²) < 4.78 is 20.1. The molecular formula is C22H22FN3O2. The van der Waals surface area contributed by atoms with Gasteiger partial charge in [0.15, 0.2) is 0 Å². The molecule has 5 nitrogen and oxygen atoms in total. The molecule has 0 unspecified atom stereocenters. The van der Waals surface area contributed by atoms with E-state index in [1.807, 2.05) is 42.8 Å². The van der Waals surface area contributed by atoms with Crippen molar-refractivity contribution in [1.82, 2.24) is 9.78 Å². The molecule has 0 spiro atoms. The lowest BCUT2D eigenvalue weighted by molar-refractivity contribution is -0.111. The topological polar surface area (TPSA) is 56.1 Å². The molecule has 1 amide bonds. The molecule has 6 heteroatoms. The first kappa shape index (κ1) is 19.4. The Morgan fingerprint density at radius 1 is 1.21 bits per heavy atom. The van der Waals surface area contributed by atoms with Gasteiger partial charge in [-0.25, -0.2) is 4.39 Å². The molecule has 3 aromatic rings. The van der Waals surface area contributed by atoms with Crippen molar-refractivity contribution in [2.24, 2.45) is 0 Å². The van der Waals surface area contributed by atoms with E-state index in [1.54, 1.807) is 25.3 Å². The van der Waals surface area contributed by atoms with E-state index in [-0.39, 0.29) is 11.7 Å². The van der Waals surface area contributed by atoms with Gasteiger partial charge in [-0.05, 0) is 55.3 Å². The number of nitrogens with zero attached hydrogens (tertiary/aromatic N) is 2. The van der Waals surface area contributed by atoms with Crippen molar-refractivity contribution in [1.29, 1.82) is 0 Å². The molecule has 1 heterocycles. The molecule has 144 valence electrons. The van der Waals surface area contributed by atoms with Crippen molar-refractivity contribution in [2.75, 3.05) is 12.4 Å². The number of nitrogens with one attached hydrogen (secondary N) is 1. The van der Waals surface area contributed by atoms with E-state index in [9.17, 15) is 9.18 Å². The highest BCUT2D eigenvalue weighted by Crippen LogP contribution is 2.21. The quantitative estimate of drug-likeness (QED) is 0.648. The van der Waals surface area contributed by atoms with Gasteiger partial charge in [0.25, 0.3) is 0 Å². The van der Waals surface area contributed by atoms with Gasteiger partial charge < -0.3 is 10.1 Å². The summed E-state index contributed by atoms with van der Waals surface area (Å²) in [5.41, 5.74) is 4.10. The van der Waals surface area contributed by atoms with Crippen LogP contribution in [0.5, 0.6) is 5.75 Å². The first-order valence-corrected chi connectivity index (χ1v) is 8.88. The van der Waals surface area contributed by atoms with E-state index < -0.39 is 0 Å². The molecule has 0 bridgehead atoms. The number of hydrogen-bond acceptors (Lipinski definition) is 3. The lowest BCUT2D eigenvalue weighted by Crippen LogP contribution is -2.10. The van der Waals surface area contributed by atoms with Gasteiger partial charge in [-0.15, -0.1) is 0 Å². The molecule has 28 heavy (non-hydrogen) atoms. The summed E-state index contributed by atoms with van der Waals surface area (Å²) in [6.07, 6.45) is 3.06. The molecule has 0 aliphatic rings. The van der Waals surface area contributed by atoms with E-state index in [4.69, 9.17) is 4.74 Å². The fourth-order valence-corrected chi connectivity index (χ4v) is 2.89. The largest absolute Gasteiger partial charge is 0.497 e. The number of aromatic nitrogens is 2. The van der Waals surface area contributed by atoms with Crippen LogP contribution in [0.15, 0.2) is 54.6 Å². The van der Waals surface area contributed by atoms with Gasteiger partial charge in [0.1, 0.15) is 11.6 Å². The summed E-state index contributed by atoms with van der Waals surface area (Å²) in [4.78, 5) is 12.3. The van der Waals surface area contributed by atoms with Crippen LogP contribution in [0.3, 0.4) is 0 Å². The Bertz CT molecular complexity index is 1010. The van der Waals surface area contributed by atoms with Crippen molar-refractivity contribution >= 4 is 17.7 Å². The van der Waals surface area contributed by atoms with Gasteiger partial charge >= 0.3 is 0 Å². The highest BCUT2D eigenvalue weighted by molar-refractivity contribution is 6.02. The number of methoxy groups -OCH3 is 1. The van der Waals surface area contributed by atoms with Crippen molar-refractivity contribution in [3.05, 3.63) is 82.9 Å². The van der Waals surface area contributed by atoms with Crippen molar-refractivity contribution in [3.8, 4) is 5.75 Å². The Morgan fingerprint density at radius 2 is 1.96 bits per heavy atom. The molecule has 0 fully saturated rings. The average Bonchev–Trinajstić information content (AvgIpc) is 2.95. The highest BCUT2D eigenvalue weighted by Gasteiger charge is 2.13. The Balaban J connectivity index is 1.72. The summed E-state index contributed by atoms with van der Waals surface area (Å²) in [7, 11) is 1.63. The standard InChI is InChI=1S/C22H22FN3O2/c1-15-22(24-21(27)12-9-17-7-10-19(23)11-8-17)16(2)26(25-15)14-18-5-4-6-20(13-18)28-3/h4-13H,14H2,1-3H3,(H,24,27)/b12-9+. The second-order valence-electron chi connectivity index (χ2n) is 6.43. The van der Waals surface area contributed by atoms with Crippen LogP contribution in [0.25, 0.3) is 6.08 Å². The zero-order valence-electron chi connectivity index (χ0n) is 16.1. The number of ether oxygens (including phenoxy) is 1. The first-order chi connectivity index (χ1) is 13.5. The van der Waals surface area contributed by atoms with E-state index in [1.165, 1.54) is 18.2 Å². The number of carbonyl (C=O) groups excluding carboxylic acids is 1. The zero-order chi connectivity index (χ0) is 20.1. The van der Waals surface area contributed by atoms with Gasteiger partial charge in [-0.3, -0.25) is 9.48 Å². The van der Waals surface area contributed by atoms with Crippen LogP contribution in [0.2, 0.25) is 0 Å². The lowest BCUT2D eigenvalue weighted by atomic mass is 10.2. The molecule has 1 N–H and O–H groups in total. The second kappa shape index (κ2) is 8.52. The number of hydrogen-bond donors (Lipinski definition) is 1. The monoisotopic (exact) mass is 379 g/mol. The van der Waals surface area contributed by atoms with Crippen molar-refractivity contribution < 1.29 is 13.9 Å². The minimum absolute atomic E-state index is 0.267. The fourth-order valence-electron chi connectivity index (χ4n) is 2.89. The van der Waals surface area contributed by atoms with Crippen molar-refractivity contribution in [3.63, 3.8) is 0 Å². The van der Waals surface area contributed by atoms with Crippen molar-refractivity contribution in [2.45, 2.75) is 20.4 Å². The Kier molecular flexibility index (Phi) is 5.89. The first-order valence-electron chi connectivity index (χ1n) is 8.88. The number of halogens is 1. The molecule has 0 saturated heterocycles. The molecule has 0 aliphatic carbocycles. The fraction of sp³-hybridized carbons (Fsp3) is 0.182. The molecule has 0 saturated carbocycles. The summed E-state index contributed by atoms with van der Waals surface area (Å²) in [5, 5.41) is 7.42. The number of aryl methyl sites for hydroxylation is 1. The minimum atomic E-state index is -0.309. The summed E-state index contributed by atoms with van der Waals surface area (Å²) in [6.45, 7) is 4.35. The normalized spacial score (nSPS) is 11.0. The number of anilines is 1. The van der Waals surface area contributed by atoms with E-state index >= 15 is 0 Å². The van der Waals surface area contributed by atoms with Gasteiger partial charge in [0.2, 0.25) is 5.91 Å². The van der Waals surface area contributed by atoms with Crippen LogP contribution in [0.4, 0.5) is 10.1 Å². The summed E-state index contributed by atoms with van der Waals surface area (Å²) in [5.74, 6) is 0.214. The molecule has 1 aromatic heterocycles. The Labute approximate surface area is 163 Å². The number of carbonyl (C=O) groups is 1. The maximum Gasteiger partial charge on any atom is 0.248 e. The minimum Gasteiger partial charge on any atom is -0.497 e. The molecule has 0 atom stereocenters. The predicted molar refractivity (Wildman–Crippen MR) is 108 cm³/mol. The molecule has 0 radical (unpaired) electrons. The van der Waals surface area contributed by atoms with Crippen LogP contribution in [-0.2, 0) is 11.3 Å². The smallest absolute Gasteiger partial charge is 0.248 e. The van der Waals surface area contributed by atoms with Crippen LogP contribution in [0.1, 0.15) is 22.5 Å². The van der Waals surface area contributed by atoms with Gasteiger partial charge in [0, 0.05) is 6.08 Å². The maximum absolute atomic E-state index is 12.9. The third-order valence-corrected chi connectivity index (χ3v) is 4.39. The summed E-state index contributed by atoms with van der Waals surface area (Å²) >= 11 is 0. The second-order valence-corrected chi connectivity index (χ2v) is 6.43. The van der Waals surface area contributed by atoms with Gasteiger partial charge in [-0.2, -0.15) is 5.10 Å². The van der Waals surface area contributed by atoms with Crippen LogP contribution >= 0.6 is 0 Å². The van der Waals surface area contributed by atoms with E-state index in [0.717, 1.165) is 28.3 Å². The van der Waals surface area contributed by atoms with Crippen LogP contribution < -0.4 is 10.1 Å². The molecule has 3 rings (SSSR count). The number of amides is 1. The molecular weight excluding hydrogens is 357 g/mol. The number of rotatable bonds is 6. The van der Waals surface area contributed by atoms with Gasteiger partial charge in [-0.1, -0.05) is 24.3 Å². The average molecular weight is 379 g/mol. The SMILES string of the molecule is COc1cccc(Cn2nc(C)c(NC(=O)/C=C/c3ccc(F)cc3)c2C)c1. The summed E-state index contributed by atoms with van der Waals surface area (Å²) in [6, 6.07) is 13.7. The van der Waals surface area contributed by atoms with E-state index in [0.29, 0.717) is 12.2 Å². The third-order valence-electron chi connectivity index (χ3n) is 4.39. The number of benzene rings is 2. The Morgan fingerprint density at radius 3 is 2.68 bits per heavy atom. The highest BCUT2D eigenvalue weighted by atomic mass is 19.1. The lowest BCUT2D eigenvalue weighted by Gasteiger charge is -2.07. The molecule has 0 aliphatic heterocycles. The predicted octanol–water partition coefficient (Wildman–Crippen LogP) is 4.35. The van der Waals surface area contributed by atoms with E-state index in [2.05, 4.69) is 10.4 Å².